The average Bonchev–Trinajstić information content (AvgIpc) is 2.02. The normalized spacial score (nSPS) is 9.77. The minimum atomic E-state index is 0.0185. The highest BCUT2D eigenvalue weighted by atomic mass is 79.9. The van der Waals surface area contributed by atoms with Crippen LogP contribution in [0.25, 0.3) is 0 Å². The van der Waals surface area contributed by atoms with Gasteiger partial charge >= 0.3 is 0 Å². The quantitative estimate of drug-likeness (QED) is 0.894. The number of benzene rings is 1. The highest BCUT2D eigenvalue weighted by Gasteiger charge is 2.02. The Labute approximate surface area is 94.0 Å². The van der Waals surface area contributed by atoms with E-state index in [-0.39, 0.29) is 5.91 Å². The number of rotatable bonds is 2. The first-order valence-corrected chi connectivity index (χ1v) is 5.36. The van der Waals surface area contributed by atoms with Gasteiger partial charge in [-0.1, -0.05) is 31.9 Å². The zero-order valence-corrected chi connectivity index (χ0v) is 10.3. The van der Waals surface area contributed by atoms with E-state index in [9.17, 15) is 4.79 Å². The molecule has 0 atom stereocenters. The molecule has 0 bridgehead atoms. The molecular weight excluding hydrogens is 298 g/mol. The Morgan fingerprint density at radius 3 is 2.31 bits per heavy atom. The molecule has 4 heteroatoms. The summed E-state index contributed by atoms with van der Waals surface area (Å²) < 4.78 is 1.95. The second-order valence-electron chi connectivity index (χ2n) is 2.63. The first-order valence-electron chi connectivity index (χ1n) is 3.77. The van der Waals surface area contributed by atoms with E-state index in [1.54, 1.807) is 7.05 Å². The highest BCUT2D eigenvalue weighted by Crippen LogP contribution is 2.20. The van der Waals surface area contributed by atoms with Crippen molar-refractivity contribution in [1.82, 2.24) is 5.32 Å². The van der Waals surface area contributed by atoms with E-state index in [0.717, 1.165) is 14.5 Å². The summed E-state index contributed by atoms with van der Waals surface area (Å²) in [5.41, 5.74) is 0.987. The molecule has 2 nitrogen and oxygen atoms in total. The number of likely N-dealkylation sites (N-methyl/N-ethyl adjacent to an activating group) is 1. The molecule has 0 aromatic heterocycles. The lowest BCUT2D eigenvalue weighted by molar-refractivity contribution is -0.119. The second-order valence-corrected chi connectivity index (χ2v) is 4.46. The van der Waals surface area contributed by atoms with Crippen molar-refractivity contribution < 1.29 is 4.79 Å². The molecule has 0 fully saturated rings. The molecule has 1 rings (SSSR count). The smallest absolute Gasteiger partial charge is 0.224 e. The Morgan fingerprint density at radius 1 is 1.31 bits per heavy atom. The summed E-state index contributed by atoms with van der Waals surface area (Å²) in [6.45, 7) is 0. The van der Waals surface area contributed by atoms with Crippen LogP contribution < -0.4 is 5.32 Å². The largest absolute Gasteiger partial charge is 0.359 e. The molecule has 0 saturated heterocycles. The predicted molar refractivity (Wildman–Crippen MR) is 59.6 cm³/mol. The molecule has 0 aliphatic heterocycles. The van der Waals surface area contributed by atoms with Gasteiger partial charge in [-0.25, -0.2) is 0 Å². The Balaban J connectivity index is 2.83. The summed E-state index contributed by atoms with van der Waals surface area (Å²) in [5, 5.41) is 2.58. The monoisotopic (exact) mass is 305 g/mol. The second kappa shape index (κ2) is 4.77. The minimum absolute atomic E-state index is 0.0185. The van der Waals surface area contributed by atoms with E-state index >= 15 is 0 Å². The lowest BCUT2D eigenvalue weighted by Crippen LogP contribution is -2.19. The predicted octanol–water partition coefficient (Wildman–Crippen LogP) is 2.50. The number of halogens is 2. The van der Waals surface area contributed by atoms with Crippen LogP contribution in [0.15, 0.2) is 27.1 Å². The van der Waals surface area contributed by atoms with Crippen molar-refractivity contribution in [2.75, 3.05) is 7.05 Å². The van der Waals surface area contributed by atoms with Gasteiger partial charge in [0.05, 0.1) is 6.42 Å². The zero-order valence-electron chi connectivity index (χ0n) is 7.10. The van der Waals surface area contributed by atoms with Gasteiger partial charge in [-0.15, -0.1) is 0 Å². The number of hydrogen-bond acceptors (Lipinski definition) is 1. The Kier molecular flexibility index (Phi) is 3.93. The average molecular weight is 307 g/mol. The molecule has 1 aromatic rings. The van der Waals surface area contributed by atoms with Gasteiger partial charge < -0.3 is 5.32 Å². The standard InChI is InChI=1S/C9H9Br2NO/c1-12-9(13)4-6-2-7(10)5-8(11)3-6/h2-3,5H,4H2,1H3,(H,12,13). The fourth-order valence-corrected chi connectivity index (χ4v) is 2.38. The first kappa shape index (κ1) is 10.7. The van der Waals surface area contributed by atoms with E-state index in [2.05, 4.69) is 37.2 Å². The molecule has 13 heavy (non-hydrogen) atoms. The van der Waals surface area contributed by atoms with Crippen molar-refractivity contribution in [3.63, 3.8) is 0 Å². The summed E-state index contributed by atoms with van der Waals surface area (Å²) in [6.07, 6.45) is 0.411. The maximum atomic E-state index is 11.1. The van der Waals surface area contributed by atoms with Gasteiger partial charge in [-0.3, -0.25) is 4.79 Å². The molecule has 1 amide bonds. The van der Waals surface area contributed by atoms with E-state index in [1.165, 1.54) is 0 Å². The third kappa shape index (κ3) is 3.48. The molecule has 0 saturated carbocycles. The molecule has 70 valence electrons. The van der Waals surface area contributed by atoms with Gasteiger partial charge in [0.15, 0.2) is 0 Å². The zero-order chi connectivity index (χ0) is 9.84. The van der Waals surface area contributed by atoms with Crippen LogP contribution in [0.4, 0.5) is 0 Å². The van der Waals surface area contributed by atoms with Crippen LogP contribution in [0, 0.1) is 0 Å². The molecule has 0 heterocycles. The lowest BCUT2D eigenvalue weighted by Gasteiger charge is -2.02. The van der Waals surface area contributed by atoms with Crippen LogP contribution in [0.5, 0.6) is 0 Å². The van der Waals surface area contributed by atoms with E-state index < -0.39 is 0 Å². The fraction of sp³-hybridized carbons (Fsp3) is 0.222. The third-order valence-electron chi connectivity index (χ3n) is 1.57. The van der Waals surface area contributed by atoms with Crippen molar-refractivity contribution in [2.24, 2.45) is 0 Å². The summed E-state index contributed by atoms with van der Waals surface area (Å²) in [7, 11) is 1.63. The molecular formula is C9H9Br2NO. The number of nitrogens with one attached hydrogen (secondary N) is 1. The molecule has 1 aromatic carbocycles. The highest BCUT2D eigenvalue weighted by molar-refractivity contribution is 9.11. The van der Waals surface area contributed by atoms with Crippen molar-refractivity contribution in [1.29, 1.82) is 0 Å². The number of carbonyl (C=O) groups excluding carboxylic acids is 1. The van der Waals surface area contributed by atoms with Gasteiger partial charge in [0.2, 0.25) is 5.91 Å². The SMILES string of the molecule is CNC(=O)Cc1cc(Br)cc(Br)c1. The minimum Gasteiger partial charge on any atom is -0.359 e. The van der Waals surface area contributed by atoms with Crippen molar-refractivity contribution in [3.05, 3.63) is 32.7 Å². The van der Waals surface area contributed by atoms with Crippen molar-refractivity contribution in [2.45, 2.75) is 6.42 Å². The number of hydrogen-bond donors (Lipinski definition) is 1. The van der Waals surface area contributed by atoms with Crippen LogP contribution in [0.2, 0.25) is 0 Å². The Bertz CT molecular complexity index is 305. The first-order chi connectivity index (χ1) is 6.11. The van der Waals surface area contributed by atoms with Crippen LogP contribution >= 0.6 is 31.9 Å². The van der Waals surface area contributed by atoms with Crippen LogP contribution in [0.1, 0.15) is 5.56 Å². The maximum absolute atomic E-state index is 11.1. The van der Waals surface area contributed by atoms with E-state index in [1.807, 2.05) is 18.2 Å². The van der Waals surface area contributed by atoms with Gasteiger partial charge in [0.1, 0.15) is 0 Å². The van der Waals surface area contributed by atoms with Crippen LogP contribution in [-0.2, 0) is 11.2 Å². The van der Waals surface area contributed by atoms with Gasteiger partial charge in [0, 0.05) is 16.0 Å². The summed E-state index contributed by atoms with van der Waals surface area (Å²) >= 11 is 6.73. The molecule has 0 spiro atoms. The number of carbonyl (C=O) groups is 1. The van der Waals surface area contributed by atoms with Crippen LogP contribution in [-0.4, -0.2) is 13.0 Å². The van der Waals surface area contributed by atoms with E-state index in [0.29, 0.717) is 6.42 Å². The summed E-state index contributed by atoms with van der Waals surface area (Å²) in [6, 6.07) is 5.80. The van der Waals surface area contributed by atoms with Gasteiger partial charge in [-0.2, -0.15) is 0 Å². The van der Waals surface area contributed by atoms with Gasteiger partial charge in [-0.05, 0) is 23.8 Å². The Morgan fingerprint density at radius 2 is 1.85 bits per heavy atom. The molecule has 0 radical (unpaired) electrons. The maximum Gasteiger partial charge on any atom is 0.224 e. The summed E-state index contributed by atoms with van der Waals surface area (Å²) in [5.74, 6) is 0.0185. The topological polar surface area (TPSA) is 29.1 Å². The fourth-order valence-electron chi connectivity index (χ4n) is 0.987. The van der Waals surface area contributed by atoms with Crippen LogP contribution in [0.3, 0.4) is 0 Å². The number of amides is 1. The molecule has 1 N–H and O–H groups in total. The summed E-state index contributed by atoms with van der Waals surface area (Å²) in [4.78, 5) is 11.1. The molecule has 0 aliphatic rings. The van der Waals surface area contributed by atoms with E-state index in [4.69, 9.17) is 0 Å². The van der Waals surface area contributed by atoms with Crippen molar-refractivity contribution >= 4 is 37.8 Å². The third-order valence-corrected chi connectivity index (χ3v) is 2.48. The Hall–Kier alpha value is -0.350. The van der Waals surface area contributed by atoms with Gasteiger partial charge in [0.25, 0.3) is 0 Å². The van der Waals surface area contributed by atoms with Crippen molar-refractivity contribution in [3.8, 4) is 0 Å². The lowest BCUT2D eigenvalue weighted by atomic mass is 10.1. The molecule has 0 unspecified atom stereocenters. The molecule has 0 aliphatic carbocycles.